The highest BCUT2D eigenvalue weighted by molar-refractivity contribution is 5.83. The minimum Gasteiger partial charge on any atom is -0.454 e. The molecule has 0 spiro atoms. The molecule has 3 aromatic rings. The van der Waals surface area contributed by atoms with Crippen LogP contribution in [0.2, 0.25) is 0 Å². The normalized spacial score (nSPS) is 23.7. The molecule has 2 aromatic heterocycles. The Morgan fingerprint density at radius 1 is 1.29 bits per heavy atom. The van der Waals surface area contributed by atoms with Crippen molar-refractivity contribution >= 4 is 28.8 Å². The summed E-state index contributed by atoms with van der Waals surface area (Å²) in [4.78, 5) is 24.8. The van der Waals surface area contributed by atoms with E-state index >= 15 is 0 Å². The molecular weight excluding hydrogens is 448 g/mol. The lowest BCUT2D eigenvalue weighted by atomic mass is 10.1. The summed E-state index contributed by atoms with van der Waals surface area (Å²) in [5, 5.41) is 31.6. The van der Waals surface area contributed by atoms with Gasteiger partial charge in [0.05, 0.1) is 12.9 Å². The number of hydrogen-bond acceptors (Lipinski definition) is 12. The number of nitrogen functional groups attached to an aromatic ring is 1. The van der Waals surface area contributed by atoms with Crippen molar-refractivity contribution in [1.29, 1.82) is 0 Å². The number of azo groups is 1. The van der Waals surface area contributed by atoms with Gasteiger partial charge in [-0.1, -0.05) is 12.1 Å². The average molecular weight is 470 g/mol. The second kappa shape index (κ2) is 8.81. The number of carbonyl (C=O) groups is 1. The molecule has 0 unspecified atom stereocenters. The molecule has 4 atom stereocenters. The van der Waals surface area contributed by atoms with Gasteiger partial charge in [-0.05, 0) is 13.0 Å². The van der Waals surface area contributed by atoms with Crippen molar-refractivity contribution < 1.29 is 29.2 Å². The van der Waals surface area contributed by atoms with E-state index in [0.717, 1.165) is 5.56 Å². The van der Waals surface area contributed by atoms with E-state index in [1.165, 1.54) is 10.9 Å². The number of para-hydroxylation sites is 1. The topological polar surface area (TPSA) is 192 Å². The first kappa shape index (κ1) is 21.9. The number of likely N-dealkylation sites (N-methyl/N-ethyl adjacent to an activating group) is 1. The zero-order valence-electron chi connectivity index (χ0n) is 18.0. The van der Waals surface area contributed by atoms with Gasteiger partial charge in [0.15, 0.2) is 35.3 Å². The number of fused-ring (bicyclic) bond motifs is 2. The van der Waals surface area contributed by atoms with Gasteiger partial charge in [-0.3, -0.25) is 9.36 Å². The molecule has 34 heavy (non-hydrogen) atoms. The Bertz CT molecular complexity index is 1260. The number of benzene rings is 1. The highest BCUT2D eigenvalue weighted by Gasteiger charge is 2.47. The number of aliphatic hydroxyl groups is 2. The molecule has 1 saturated heterocycles. The fourth-order valence-corrected chi connectivity index (χ4v) is 3.83. The third-order valence-corrected chi connectivity index (χ3v) is 5.44. The van der Waals surface area contributed by atoms with Gasteiger partial charge in [0.1, 0.15) is 17.7 Å². The van der Waals surface area contributed by atoms with Crippen LogP contribution in [0.5, 0.6) is 11.5 Å². The molecule has 0 bridgehead atoms. The molecule has 1 fully saturated rings. The molecule has 1 amide bonds. The molecule has 14 nitrogen and oxygen atoms in total. The fraction of sp³-hybridized carbons (Fsp3) is 0.400. The largest absolute Gasteiger partial charge is 0.454 e. The number of nitrogens with zero attached hydrogens (tertiary/aromatic N) is 6. The number of nitrogens with one attached hydrogen (secondary N) is 1. The van der Waals surface area contributed by atoms with Gasteiger partial charge < -0.3 is 35.5 Å². The van der Waals surface area contributed by atoms with Crippen LogP contribution in [-0.4, -0.2) is 67.3 Å². The van der Waals surface area contributed by atoms with Gasteiger partial charge >= 0.3 is 0 Å². The summed E-state index contributed by atoms with van der Waals surface area (Å²) < 4.78 is 17.8. The average Bonchev–Trinajstić information content (AvgIpc) is 3.53. The van der Waals surface area contributed by atoms with Crippen LogP contribution in [0.4, 0.5) is 11.8 Å². The first-order valence-corrected chi connectivity index (χ1v) is 10.5. The predicted octanol–water partition coefficient (Wildman–Crippen LogP) is 0.176. The van der Waals surface area contributed by atoms with Crippen molar-refractivity contribution in [1.82, 2.24) is 24.8 Å². The summed E-state index contributed by atoms with van der Waals surface area (Å²) in [6.45, 7) is 2.42. The fourth-order valence-electron chi connectivity index (χ4n) is 3.83. The van der Waals surface area contributed by atoms with Gasteiger partial charge in [0.2, 0.25) is 6.79 Å². The number of ether oxygens (including phenoxy) is 3. The zero-order chi connectivity index (χ0) is 23.8. The molecule has 0 radical (unpaired) electrons. The molecular formula is C20H22N8O6. The van der Waals surface area contributed by atoms with Crippen LogP contribution in [0.3, 0.4) is 0 Å². The molecule has 5 N–H and O–H groups in total. The van der Waals surface area contributed by atoms with Crippen LogP contribution in [0.25, 0.3) is 11.2 Å². The van der Waals surface area contributed by atoms with Crippen molar-refractivity contribution in [3.63, 3.8) is 0 Å². The minimum atomic E-state index is -1.44. The van der Waals surface area contributed by atoms with E-state index in [0.29, 0.717) is 18.0 Å². The van der Waals surface area contributed by atoms with E-state index in [1.54, 1.807) is 13.0 Å². The maximum Gasteiger partial charge on any atom is 0.272 e. The van der Waals surface area contributed by atoms with Crippen LogP contribution >= 0.6 is 0 Å². The first-order chi connectivity index (χ1) is 16.5. The van der Waals surface area contributed by atoms with Crippen LogP contribution in [-0.2, 0) is 16.1 Å². The zero-order valence-corrected chi connectivity index (χ0v) is 18.0. The summed E-state index contributed by atoms with van der Waals surface area (Å²) in [5.74, 6) is 0.726. The number of aromatic nitrogens is 4. The van der Waals surface area contributed by atoms with Crippen molar-refractivity contribution in [3.8, 4) is 11.5 Å². The van der Waals surface area contributed by atoms with Gasteiger partial charge in [-0.15, -0.1) is 5.11 Å². The van der Waals surface area contributed by atoms with Crippen LogP contribution in [0, 0.1) is 0 Å². The van der Waals surface area contributed by atoms with E-state index in [2.05, 4.69) is 30.5 Å². The van der Waals surface area contributed by atoms with E-state index in [4.69, 9.17) is 19.9 Å². The third kappa shape index (κ3) is 3.76. The molecule has 1 aromatic carbocycles. The van der Waals surface area contributed by atoms with Crippen LogP contribution < -0.4 is 20.5 Å². The number of amides is 1. The quantitative estimate of drug-likeness (QED) is 0.361. The monoisotopic (exact) mass is 470 g/mol. The Kier molecular flexibility index (Phi) is 5.69. The molecule has 14 heteroatoms. The second-order valence-electron chi connectivity index (χ2n) is 7.61. The number of nitrogens with two attached hydrogens (primary N) is 1. The summed E-state index contributed by atoms with van der Waals surface area (Å²) in [5.41, 5.74) is 7.25. The molecule has 5 rings (SSSR count). The summed E-state index contributed by atoms with van der Waals surface area (Å²) >= 11 is 0. The van der Waals surface area contributed by atoms with E-state index < -0.39 is 30.4 Å². The Balaban J connectivity index is 1.41. The molecule has 4 heterocycles. The standard InChI is InChI=1S/C20H22N8O6/c1-2-22-18(31)15-12(29)13(30)19(34-15)28-7-23-11-16(21)25-20(26-17(11)28)27-24-6-9-4-3-5-10-14(9)33-8-32-10/h3-5,7,12-13,15,19,29-30H,2,6,8H2,1H3,(H,22,31)(H2,21,25,26)/t12-,13+,15-,19+/m0/s1. The lowest BCUT2D eigenvalue weighted by Gasteiger charge is -2.16. The maximum atomic E-state index is 12.2. The Labute approximate surface area is 192 Å². The van der Waals surface area contributed by atoms with Crippen molar-refractivity contribution in [2.45, 2.75) is 38.0 Å². The number of anilines is 1. The number of rotatable bonds is 6. The third-order valence-electron chi connectivity index (χ3n) is 5.44. The van der Waals surface area contributed by atoms with Gasteiger partial charge in [0, 0.05) is 12.1 Å². The Hall–Kier alpha value is -3.88. The van der Waals surface area contributed by atoms with Crippen molar-refractivity contribution in [3.05, 3.63) is 30.1 Å². The van der Waals surface area contributed by atoms with Crippen LogP contribution in [0.15, 0.2) is 34.8 Å². The van der Waals surface area contributed by atoms with Crippen molar-refractivity contribution in [2.75, 3.05) is 19.1 Å². The Morgan fingerprint density at radius 2 is 2.15 bits per heavy atom. The molecule has 2 aliphatic heterocycles. The summed E-state index contributed by atoms with van der Waals surface area (Å²) in [6.07, 6.45) is -3.90. The minimum absolute atomic E-state index is 0.0372. The highest BCUT2D eigenvalue weighted by atomic mass is 16.7. The van der Waals surface area contributed by atoms with Crippen LogP contribution in [0.1, 0.15) is 18.7 Å². The van der Waals surface area contributed by atoms with Gasteiger partial charge in [-0.2, -0.15) is 15.1 Å². The molecule has 0 aliphatic carbocycles. The maximum absolute atomic E-state index is 12.2. The Morgan fingerprint density at radius 3 is 2.97 bits per heavy atom. The summed E-state index contributed by atoms with van der Waals surface area (Å²) in [6, 6.07) is 5.47. The lowest BCUT2D eigenvalue weighted by molar-refractivity contribution is -0.137. The lowest BCUT2D eigenvalue weighted by Crippen LogP contribution is -2.42. The predicted molar refractivity (Wildman–Crippen MR) is 115 cm³/mol. The van der Waals surface area contributed by atoms with E-state index in [9.17, 15) is 15.0 Å². The van der Waals surface area contributed by atoms with E-state index in [1.807, 2.05) is 12.1 Å². The van der Waals surface area contributed by atoms with E-state index in [-0.39, 0.29) is 36.3 Å². The SMILES string of the molecule is CCNC(=O)[C@H]1O[C@@H](n2cnc3c(N)nc(N=NCc4cccc5c4OCO5)nc32)[C@H](O)[C@@H]1O. The number of aliphatic hydroxyl groups excluding tert-OH is 2. The summed E-state index contributed by atoms with van der Waals surface area (Å²) in [7, 11) is 0. The molecule has 178 valence electrons. The number of imidazole rings is 1. The number of hydrogen-bond donors (Lipinski definition) is 4. The van der Waals surface area contributed by atoms with Crippen molar-refractivity contribution in [2.24, 2.45) is 10.2 Å². The highest BCUT2D eigenvalue weighted by Crippen LogP contribution is 2.36. The van der Waals surface area contributed by atoms with Gasteiger partial charge in [-0.25, -0.2) is 4.98 Å². The first-order valence-electron chi connectivity index (χ1n) is 10.5. The molecule has 0 saturated carbocycles. The van der Waals surface area contributed by atoms with Gasteiger partial charge in [0.25, 0.3) is 11.9 Å². The number of carbonyl (C=O) groups excluding carboxylic acids is 1. The second-order valence-corrected chi connectivity index (χ2v) is 7.61. The smallest absolute Gasteiger partial charge is 0.272 e. The molecule has 2 aliphatic rings.